The van der Waals surface area contributed by atoms with E-state index in [1.807, 2.05) is 13.0 Å². The van der Waals surface area contributed by atoms with Crippen LogP contribution in [0.2, 0.25) is 0 Å². The van der Waals surface area contributed by atoms with Gasteiger partial charge in [0.15, 0.2) is 6.23 Å². The summed E-state index contributed by atoms with van der Waals surface area (Å²) in [6.45, 7) is 2.21. The van der Waals surface area contributed by atoms with E-state index in [1.54, 1.807) is 36.4 Å². The van der Waals surface area contributed by atoms with Crippen LogP contribution in [0.25, 0.3) is 0 Å². The highest BCUT2D eigenvalue weighted by Crippen LogP contribution is 2.19. The van der Waals surface area contributed by atoms with Gasteiger partial charge < -0.3 is 10.1 Å². The topological polar surface area (TPSA) is 81.5 Å². The Morgan fingerprint density at radius 1 is 1.18 bits per heavy atom. The lowest BCUT2D eigenvalue weighted by Crippen LogP contribution is -2.30. The molecule has 6 heteroatoms. The monoisotopic (exact) mass is 300 g/mol. The van der Waals surface area contributed by atoms with Crippen molar-refractivity contribution in [2.45, 2.75) is 13.2 Å². The second-order valence-electron chi connectivity index (χ2n) is 4.52. The Balaban J connectivity index is 2.15. The summed E-state index contributed by atoms with van der Waals surface area (Å²) in [6, 6.07) is 14.7. The van der Waals surface area contributed by atoms with Crippen molar-refractivity contribution in [1.29, 1.82) is 0 Å². The largest absolute Gasteiger partial charge is 0.354 e. The molecule has 1 atom stereocenters. The summed E-state index contributed by atoms with van der Waals surface area (Å²) in [6.07, 6.45) is -0.654. The molecule has 0 aliphatic carbocycles. The Bertz CT molecular complexity index is 641. The summed E-state index contributed by atoms with van der Waals surface area (Å²) < 4.78 is 5.52. The van der Waals surface area contributed by atoms with E-state index in [1.165, 1.54) is 12.1 Å². The fourth-order valence-corrected chi connectivity index (χ4v) is 1.95. The van der Waals surface area contributed by atoms with Crippen LogP contribution in [0.3, 0.4) is 0 Å². The first-order valence-corrected chi connectivity index (χ1v) is 6.83. The first kappa shape index (κ1) is 15.7. The number of nitrogens with zero attached hydrogens (tertiary/aromatic N) is 1. The lowest BCUT2D eigenvalue weighted by molar-refractivity contribution is -0.384. The maximum atomic E-state index is 12.2. The Labute approximate surface area is 127 Å². The van der Waals surface area contributed by atoms with Crippen molar-refractivity contribution < 1.29 is 14.5 Å². The summed E-state index contributed by atoms with van der Waals surface area (Å²) >= 11 is 0. The molecule has 6 nitrogen and oxygen atoms in total. The van der Waals surface area contributed by atoms with Crippen LogP contribution in [0, 0.1) is 10.1 Å². The van der Waals surface area contributed by atoms with Gasteiger partial charge in [0.1, 0.15) is 0 Å². The van der Waals surface area contributed by atoms with Crippen molar-refractivity contribution in [2.24, 2.45) is 0 Å². The minimum Gasteiger partial charge on any atom is -0.354 e. The van der Waals surface area contributed by atoms with Crippen molar-refractivity contribution in [3.63, 3.8) is 0 Å². The Kier molecular flexibility index (Phi) is 5.21. The zero-order valence-electron chi connectivity index (χ0n) is 12.1. The zero-order valence-corrected chi connectivity index (χ0v) is 12.1. The third-order valence-electron chi connectivity index (χ3n) is 3.04. The quantitative estimate of drug-likeness (QED) is 0.505. The van der Waals surface area contributed by atoms with Crippen LogP contribution in [-0.2, 0) is 4.74 Å². The van der Waals surface area contributed by atoms with Gasteiger partial charge >= 0.3 is 0 Å². The molecule has 22 heavy (non-hydrogen) atoms. The second kappa shape index (κ2) is 7.33. The molecule has 2 rings (SSSR count). The van der Waals surface area contributed by atoms with Crippen molar-refractivity contribution in [1.82, 2.24) is 5.32 Å². The number of rotatable bonds is 6. The number of benzene rings is 2. The van der Waals surface area contributed by atoms with E-state index in [4.69, 9.17) is 4.74 Å². The Morgan fingerprint density at radius 3 is 2.36 bits per heavy atom. The van der Waals surface area contributed by atoms with Crippen LogP contribution in [0.15, 0.2) is 54.6 Å². The first-order valence-electron chi connectivity index (χ1n) is 6.83. The molecular formula is C16H16N2O4. The van der Waals surface area contributed by atoms with Crippen molar-refractivity contribution in [2.75, 3.05) is 6.61 Å². The molecule has 0 spiro atoms. The van der Waals surface area contributed by atoms with Gasteiger partial charge in [-0.3, -0.25) is 14.9 Å². The van der Waals surface area contributed by atoms with Gasteiger partial charge in [-0.1, -0.05) is 18.2 Å². The molecule has 0 fully saturated rings. The molecule has 1 amide bonds. The molecule has 0 aliphatic rings. The van der Waals surface area contributed by atoms with E-state index >= 15 is 0 Å². The molecule has 0 saturated heterocycles. The van der Waals surface area contributed by atoms with Gasteiger partial charge in [-0.2, -0.15) is 0 Å². The smallest absolute Gasteiger partial charge is 0.269 e. The SMILES string of the molecule is CCOC(NC(=O)c1ccccc1)c1ccc([N+](=O)[O-])cc1. The molecule has 1 N–H and O–H groups in total. The minimum atomic E-state index is -0.654. The van der Waals surface area contributed by atoms with Crippen molar-refractivity contribution in [3.8, 4) is 0 Å². The van der Waals surface area contributed by atoms with E-state index in [0.29, 0.717) is 17.7 Å². The number of carbonyl (C=O) groups is 1. The average molecular weight is 300 g/mol. The maximum Gasteiger partial charge on any atom is 0.269 e. The van der Waals surface area contributed by atoms with Crippen molar-refractivity contribution in [3.05, 3.63) is 75.8 Å². The highest BCUT2D eigenvalue weighted by molar-refractivity contribution is 5.94. The number of nitro groups is 1. The van der Waals surface area contributed by atoms with Gasteiger partial charge in [0.05, 0.1) is 4.92 Å². The number of hydrogen-bond acceptors (Lipinski definition) is 4. The molecule has 0 heterocycles. The fraction of sp³-hybridized carbons (Fsp3) is 0.188. The summed E-state index contributed by atoms with van der Waals surface area (Å²) in [4.78, 5) is 22.4. The van der Waals surface area contributed by atoms with E-state index in [2.05, 4.69) is 5.32 Å². The van der Waals surface area contributed by atoms with Crippen LogP contribution < -0.4 is 5.32 Å². The number of nitrogens with one attached hydrogen (secondary N) is 1. The lowest BCUT2D eigenvalue weighted by Gasteiger charge is -2.19. The van der Waals surface area contributed by atoms with E-state index in [0.717, 1.165) is 0 Å². The van der Waals surface area contributed by atoms with E-state index in [9.17, 15) is 14.9 Å². The van der Waals surface area contributed by atoms with E-state index < -0.39 is 11.2 Å². The molecular weight excluding hydrogens is 284 g/mol. The molecule has 2 aromatic rings. The van der Waals surface area contributed by atoms with Crippen LogP contribution in [-0.4, -0.2) is 17.4 Å². The van der Waals surface area contributed by atoms with Crippen LogP contribution in [0.1, 0.15) is 29.1 Å². The van der Waals surface area contributed by atoms with Crippen LogP contribution in [0.4, 0.5) is 5.69 Å². The predicted octanol–water partition coefficient (Wildman–Crippen LogP) is 3.06. The van der Waals surface area contributed by atoms with Gasteiger partial charge in [0.2, 0.25) is 0 Å². The third-order valence-corrected chi connectivity index (χ3v) is 3.04. The molecule has 1 unspecified atom stereocenters. The minimum absolute atomic E-state index is 0.00613. The van der Waals surface area contributed by atoms with Crippen LogP contribution in [0.5, 0.6) is 0 Å². The number of amides is 1. The fourth-order valence-electron chi connectivity index (χ4n) is 1.95. The van der Waals surface area contributed by atoms with E-state index in [-0.39, 0.29) is 11.6 Å². The molecule has 114 valence electrons. The predicted molar refractivity (Wildman–Crippen MR) is 81.4 cm³/mol. The molecule has 2 aromatic carbocycles. The summed E-state index contributed by atoms with van der Waals surface area (Å²) in [5.74, 6) is -0.266. The zero-order chi connectivity index (χ0) is 15.9. The van der Waals surface area contributed by atoms with Gasteiger partial charge in [-0.05, 0) is 31.2 Å². The third kappa shape index (κ3) is 3.89. The lowest BCUT2D eigenvalue weighted by atomic mass is 10.1. The molecule has 0 radical (unpaired) electrons. The Hall–Kier alpha value is -2.73. The molecule has 0 saturated carbocycles. The number of ether oxygens (including phenoxy) is 1. The van der Waals surface area contributed by atoms with Crippen molar-refractivity contribution >= 4 is 11.6 Å². The molecule has 0 bridgehead atoms. The number of hydrogen-bond donors (Lipinski definition) is 1. The first-order chi connectivity index (χ1) is 10.6. The normalized spacial score (nSPS) is 11.7. The van der Waals surface area contributed by atoms with Gasteiger partial charge in [0, 0.05) is 29.9 Å². The number of nitro benzene ring substituents is 1. The number of non-ortho nitro benzene ring substituents is 1. The Morgan fingerprint density at radius 2 is 1.82 bits per heavy atom. The van der Waals surface area contributed by atoms with Gasteiger partial charge in [-0.25, -0.2) is 0 Å². The average Bonchev–Trinajstić information content (AvgIpc) is 2.55. The number of carbonyl (C=O) groups excluding carboxylic acids is 1. The standard InChI is InChI=1S/C16H16N2O4/c1-2-22-16(13-8-10-14(11-9-13)18(20)21)17-15(19)12-6-4-3-5-7-12/h3-11,16H,2H2,1H3,(H,17,19). The molecule has 0 aromatic heterocycles. The second-order valence-corrected chi connectivity index (χ2v) is 4.52. The molecule has 0 aliphatic heterocycles. The maximum absolute atomic E-state index is 12.2. The highest BCUT2D eigenvalue weighted by atomic mass is 16.6. The summed E-state index contributed by atoms with van der Waals surface area (Å²) in [5.41, 5.74) is 1.17. The summed E-state index contributed by atoms with van der Waals surface area (Å²) in [5, 5.41) is 13.4. The van der Waals surface area contributed by atoms with Gasteiger partial charge in [0.25, 0.3) is 11.6 Å². The van der Waals surface area contributed by atoms with Crippen LogP contribution >= 0.6 is 0 Å². The highest BCUT2D eigenvalue weighted by Gasteiger charge is 2.16. The van der Waals surface area contributed by atoms with Gasteiger partial charge in [-0.15, -0.1) is 0 Å². The summed E-state index contributed by atoms with van der Waals surface area (Å²) in [7, 11) is 0.